The molecule has 0 bridgehead atoms. The van der Waals surface area contributed by atoms with Gasteiger partial charge in [0.05, 0.1) is 0 Å². The first-order chi connectivity index (χ1) is 40.5. The fourth-order valence-electron chi connectivity index (χ4n) is 11.6. The molecular formula is C76H144O6. The molecule has 1 unspecified atom stereocenters. The number of carbonyl (C=O) groups is 3. The van der Waals surface area contributed by atoms with Crippen LogP contribution >= 0.6 is 0 Å². The fraction of sp³-hybridized carbons (Fsp3) is 0.908. The van der Waals surface area contributed by atoms with Crippen molar-refractivity contribution in [2.24, 2.45) is 0 Å². The summed E-state index contributed by atoms with van der Waals surface area (Å²) in [4.78, 5) is 38.4. The first kappa shape index (κ1) is 79.9. The van der Waals surface area contributed by atoms with Crippen LogP contribution in [0.25, 0.3) is 0 Å². The number of carbonyl (C=O) groups excluding carboxylic acids is 3. The molecule has 0 fully saturated rings. The van der Waals surface area contributed by atoms with Gasteiger partial charge in [0.15, 0.2) is 6.10 Å². The third-order valence-electron chi connectivity index (χ3n) is 17.2. The second-order valence-electron chi connectivity index (χ2n) is 25.6. The molecule has 484 valence electrons. The van der Waals surface area contributed by atoms with Gasteiger partial charge in [-0.25, -0.2) is 0 Å². The lowest BCUT2D eigenvalue weighted by molar-refractivity contribution is -0.167. The topological polar surface area (TPSA) is 78.9 Å². The molecule has 82 heavy (non-hydrogen) atoms. The molecule has 0 aromatic heterocycles. The van der Waals surface area contributed by atoms with Crippen LogP contribution < -0.4 is 0 Å². The van der Waals surface area contributed by atoms with Crippen molar-refractivity contribution < 1.29 is 28.6 Å². The van der Waals surface area contributed by atoms with E-state index >= 15 is 0 Å². The van der Waals surface area contributed by atoms with Crippen LogP contribution in [0.3, 0.4) is 0 Å². The monoisotopic (exact) mass is 1150 g/mol. The predicted octanol–water partition coefficient (Wildman–Crippen LogP) is 25.7. The number of hydrogen-bond donors (Lipinski definition) is 0. The average Bonchev–Trinajstić information content (AvgIpc) is 3.47. The minimum Gasteiger partial charge on any atom is -0.462 e. The molecule has 0 saturated carbocycles. The minimum atomic E-state index is -0.771. The van der Waals surface area contributed by atoms with Gasteiger partial charge in [-0.2, -0.15) is 0 Å². The van der Waals surface area contributed by atoms with E-state index in [1.165, 1.54) is 321 Å². The summed E-state index contributed by atoms with van der Waals surface area (Å²) in [6.45, 7) is 6.69. The van der Waals surface area contributed by atoms with E-state index in [0.29, 0.717) is 19.3 Å². The number of unbranched alkanes of at least 4 members (excludes halogenated alkanes) is 55. The zero-order valence-electron chi connectivity index (χ0n) is 55.8. The maximum Gasteiger partial charge on any atom is 0.306 e. The average molecular weight is 1150 g/mol. The van der Waals surface area contributed by atoms with Gasteiger partial charge >= 0.3 is 17.9 Å². The Kier molecular flexibility index (Phi) is 69.5. The maximum absolute atomic E-state index is 12.9. The van der Waals surface area contributed by atoms with Gasteiger partial charge in [0.25, 0.3) is 0 Å². The van der Waals surface area contributed by atoms with Crippen LogP contribution in [-0.2, 0) is 28.6 Å². The molecule has 0 spiro atoms. The molecule has 0 aliphatic carbocycles. The van der Waals surface area contributed by atoms with Crippen LogP contribution in [0, 0.1) is 0 Å². The molecule has 0 aliphatic rings. The summed E-state index contributed by atoms with van der Waals surface area (Å²) in [5.74, 6) is -0.843. The molecule has 0 amide bonds. The second-order valence-corrected chi connectivity index (χ2v) is 25.6. The van der Waals surface area contributed by atoms with Crippen molar-refractivity contribution in [3.63, 3.8) is 0 Å². The highest BCUT2D eigenvalue weighted by atomic mass is 16.6. The molecule has 0 aliphatic heterocycles. The van der Waals surface area contributed by atoms with Crippen LogP contribution in [0.5, 0.6) is 0 Å². The van der Waals surface area contributed by atoms with Crippen LogP contribution in [0.4, 0.5) is 0 Å². The highest BCUT2D eigenvalue weighted by Crippen LogP contribution is 2.19. The van der Waals surface area contributed by atoms with Gasteiger partial charge < -0.3 is 14.2 Å². The molecule has 1 atom stereocenters. The summed E-state index contributed by atoms with van der Waals surface area (Å²) in [6.07, 6.45) is 88.1. The highest BCUT2D eigenvalue weighted by molar-refractivity contribution is 5.71. The Labute approximate surface area is 513 Å². The highest BCUT2D eigenvalue weighted by Gasteiger charge is 2.20. The standard InChI is InChI=1S/C76H144O6/c1-4-7-10-13-16-19-22-25-27-29-31-32-33-34-35-36-37-38-39-40-41-42-43-44-46-47-49-51-54-57-60-63-66-69-75(78)81-72-73(71-80-74(77)68-65-62-59-56-53-24-21-18-15-12-9-6-3)82-76(79)70-67-64-61-58-55-52-50-48-45-30-28-26-23-20-17-14-11-8-5-2/h18,21,29,31,73H,4-17,19-20,22-28,30,32-72H2,1-3H3/b21-18-,31-29-. The first-order valence-corrected chi connectivity index (χ1v) is 37.3. The van der Waals surface area contributed by atoms with Gasteiger partial charge in [0, 0.05) is 19.3 Å². The van der Waals surface area contributed by atoms with Crippen molar-refractivity contribution in [3.05, 3.63) is 24.3 Å². The number of hydrogen-bond acceptors (Lipinski definition) is 6. The van der Waals surface area contributed by atoms with Gasteiger partial charge in [-0.3, -0.25) is 14.4 Å². The molecule has 0 aromatic carbocycles. The molecule has 0 aromatic rings. The van der Waals surface area contributed by atoms with E-state index in [4.69, 9.17) is 14.2 Å². The van der Waals surface area contributed by atoms with Crippen molar-refractivity contribution in [1.82, 2.24) is 0 Å². The van der Waals surface area contributed by atoms with E-state index < -0.39 is 6.10 Å². The molecule has 0 heterocycles. The Hall–Kier alpha value is -2.11. The van der Waals surface area contributed by atoms with Crippen LogP contribution in [0.15, 0.2) is 24.3 Å². The zero-order chi connectivity index (χ0) is 59.2. The summed E-state index contributed by atoms with van der Waals surface area (Å²) in [7, 11) is 0. The fourth-order valence-corrected chi connectivity index (χ4v) is 11.6. The van der Waals surface area contributed by atoms with Crippen molar-refractivity contribution >= 4 is 17.9 Å². The Morgan fingerprint density at radius 3 is 0.634 bits per heavy atom. The molecule has 0 radical (unpaired) electrons. The van der Waals surface area contributed by atoms with E-state index in [2.05, 4.69) is 45.1 Å². The van der Waals surface area contributed by atoms with Crippen molar-refractivity contribution in [2.75, 3.05) is 13.2 Å². The van der Waals surface area contributed by atoms with Gasteiger partial charge in [-0.15, -0.1) is 0 Å². The van der Waals surface area contributed by atoms with Gasteiger partial charge in [-0.05, 0) is 70.6 Å². The third kappa shape index (κ3) is 68.7. The van der Waals surface area contributed by atoms with E-state index in [1.807, 2.05) is 0 Å². The summed E-state index contributed by atoms with van der Waals surface area (Å²) >= 11 is 0. The predicted molar refractivity (Wildman–Crippen MR) is 358 cm³/mol. The van der Waals surface area contributed by atoms with Gasteiger partial charge in [-0.1, -0.05) is 360 Å². The number of esters is 3. The Morgan fingerprint density at radius 1 is 0.232 bits per heavy atom. The Morgan fingerprint density at radius 2 is 0.402 bits per heavy atom. The zero-order valence-corrected chi connectivity index (χ0v) is 55.8. The van der Waals surface area contributed by atoms with E-state index in [0.717, 1.165) is 64.2 Å². The minimum absolute atomic E-state index is 0.0670. The van der Waals surface area contributed by atoms with Crippen LogP contribution in [0.1, 0.15) is 425 Å². The maximum atomic E-state index is 12.9. The summed E-state index contributed by atoms with van der Waals surface area (Å²) in [5.41, 5.74) is 0. The smallest absolute Gasteiger partial charge is 0.306 e. The normalized spacial score (nSPS) is 12.1. The van der Waals surface area contributed by atoms with E-state index in [1.54, 1.807) is 0 Å². The number of allylic oxidation sites excluding steroid dienone is 4. The molecule has 0 saturated heterocycles. The van der Waals surface area contributed by atoms with E-state index in [9.17, 15) is 14.4 Å². The lowest BCUT2D eigenvalue weighted by Crippen LogP contribution is -2.30. The first-order valence-electron chi connectivity index (χ1n) is 37.3. The largest absolute Gasteiger partial charge is 0.462 e. The summed E-state index contributed by atoms with van der Waals surface area (Å²) in [5, 5.41) is 0. The Balaban J connectivity index is 4.08. The van der Waals surface area contributed by atoms with Crippen molar-refractivity contribution in [2.45, 2.75) is 431 Å². The lowest BCUT2D eigenvalue weighted by Gasteiger charge is -2.18. The summed E-state index contributed by atoms with van der Waals surface area (Å²) < 4.78 is 17.0. The molecule has 6 heteroatoms. The second kappa shape index (κ2) is 71.4. The van der Waals surface area contributed by atoms with Crippen molar-refractivity contribution in [1.29, 1.82) is 0 Å². The molecular weight excluding hydrogens is 1010 g/mol. The lowest BCUT2D eigenvalue weighted by atomic mass is 10.0. The third-order valence-corrected chi connectivity index (χ3v) is 17.2. The van der Waals surface area contributed by atoms with E-state index in [-0.39, 0.29) is 31.1 Å². The summed E-state index contributed by atoms with van der Waals surface area (Å²) in [6, 6.07) is 0. The van der Waals surface area contributed by atoms with Crippen molar-refractivity contribution in [3.8, 4) is 0 Å². The quantitative estimate of drug-likeness (QED) is 0.0261. The molecule has 6 nitrogen and oxygen atoms in total. The molecule has 0 N–H and O–H groups in total. The number of rotatable bonds is 70. The van der Waals surface area contributed by atoms with Gasteiger partial charge in [0.1, 0.15) is 13.2 Å². The Bertz CT molecular complexity index is 1320. The van der Waals surface area contributed by atoms with Crippen LogP contribution in [0.2, 0.25) is 0 Å². The SMILES string of the molecule is CCCCC/C=C\CCCCCCCC(=O)OCC(COC(=O)CCCCCCCCCCCCCCCCCCCCCCC/C=C\CCCCCCCCCC)OC(=O)CCCCCCCCCCCCCCCCCCCCC. The number of ether oxygens (including phenoxy) is 3. The van der Waals surface area contributed by atoms with Crippen LogP contribution in [-0.4, -0.2) is 37.2 Å². The van der Waals surface area contributed by atoms with Gasteiger partial charge in [0.2, 0.25) is 0 Å². The molecule has 0 rings (SSSR count).